The van der Waals surface area contributed by atoms with Crippen molar-refractivity contribution in [2.75, 3.05) is 43.4 Å². The fourth-order valence-electron chi connectivity index (χ4n) is 5.45. The van der Waals surface area contributed by atoms with Gasteiger partial charge in [-0.25, -0.2) is 14.4 Å². The fraction of sp³-hybridized carbons (Fsp3) is 0.214. The van der Waals surface area contributed by atoms with Crippen LogP contribution in [0.1, 0.15) is 10.5 Å². The van der Waals surface area contributed by atoms with Crippen LogP contribution in [-0.2, 0) is 6.54 Å². The summed E-state index contributed by atoms with van der Waals surface area (Å²) in [6.07, 6.45) is 4.68. The van der Waals surface area contributed by atoms with Crippen LogP contribution < -0.4 is 16.4 Å². The summed E-state index contributed by atoms with van der Waals surface area (Å²) in [7, 11) is 0. The Bertz CT molecular complexity index is 1970. The van der Waals surface area contributed by atoms with Gasteiger partial charge in [0, 0.05) is 51.0 Å². The normalized spacial score (nSPS) is 14.2. The number of nitrogen functional groups attached to an aromatic ring is 1. The monoisotopic (exact) mass is 601 g/mol. The maximum atomic E-state index is 14.8. The average molecular weight is 602 g/mol. The van der Waals surface area contributed by atoms with Crippen molar-refractivity contribution >= 4 is 45.8 Å². The third-order valence-corrected chi connectivity index (χ3v) is 7.92. The van der Waals surface area contributed by atoms with E-state index in [9.17, 15) is 9.18 Å². The molecule has 6 aromatic rings. The maximum Gasteiger partial charge on any atom is 0.266 e. The smallest absolute Gasteiger partial charge is 0.266 e. The number of carbonyl (C=O) groups excluding carboxylic acids is 1. The second kappa shape index (κ2) is 10.6. The number of nitrogens with zero attached hydrogens (tertiary/aromatic N) is 9. The molecule has 218 valence electrons. The van der Waals surface area contributed by atoms with Gasteiger partial charge in [0.1, 0.15) is 29.1 Å². The standard InChI is InChI=1S/C28H25ClFN11O2/c29-21-20-25(36-28(32)41-26(20)35-24(37-41)18-3-1-2-6-33-18)40(22(21)23(31)42)13-10-38-8-11-39(12-9-38)19-15-16(4-5-17(19)30)27-34-7-14-43-27/h1-7,14-15H,8-13H2,(H2,31,42)(H2,32,36). The number of nitrogens with two attached hydrogens (primary N) is 2. The van der Waals surface area contributed by atoms with Gasteiger partial charge in [-0.15, -0.1) is 5.10 Å². The lowest BCUT2D eigenvalue weighted by Gasteiger charge is -2.36. The van der Waals surface area contributed by atoms with E-state index in [4.69, 9.17) is 27.5 Å². The van der Waals surface area contributed by atoms with E-state index in [0.717, 1.165) is 0 Å². The second-order valence-electron chi connectivity index (χ2n) is 10.1. The van der Waals surface area contributed by atoms with Gasteiger partial charge in [-0.3, -0.25) is 14.7 Å². The Morgan fingerprint density at radius 2 is 1.86 bits per heavy atom. The second-order valence-corrected chi connectivity index (χ2v) is 10.4. The molecule has 1 aliphatic heterocycles. The summed E-state index contributed by atoms with van der Waals surface area (Å²) in [5.41, 5.74) is 14.7. The van der Waals surface area contributed by atoms with Gasteiger partial charge in [0.05, 0.1) is 22.3 Å². The van der Waals surface area contributed by atoms with Crippen LogP contribution in [0.2, 0.25) is 5.02 Å². The SMILES string of the molecule is NC(=O)c1c(Cl)c2c(nc(N)n3nc(-c4ccccn4)nc23)n1CCN1CCN(c2cc(-c3ncco3)ccc2F)CC1. The predicted octanol–water partition coefficient (Wildman–Crippen LogP) is 3.09. The molecule has 1 aliphatic rings. The van der Waals surface area contributed by atoms with Gasteiger partial charge in [-0.2, -0.15) is 9.50 Å². The van der Waals surface area contributed by atoms with E-state index in [-0.39, 0.29) is 22.5 Å². The quantitative estimate of drug-likeness (QED) is 0.278. The predicted molar refractivity (Wildman–Crippen MR) is 158 cm³/mol. The molecule has 13 nitrogen and oxygen atoms in total. The number of anilines is 2. The summed E-state index contributed by atoms with van der Waals surface area (Å²) in [6.45, 7) is 3.45. The van der Waals surface area contributed by atoms with Crippen LogP contribution in [0.4, 0.5) is 16.0 Å². The topological polar surface area (TPSA) is 163 Å². The van der Waals surface area contributed by atoms with Crippen molar-refractivity contribution in [2.24, 2.45) is 5.73 Å². The first-order valence-electron chi connectivity index (χ1n) is 13.5. The van der Waals surface area contributed by atoms with E-state index in [1.54, 1.807) is 41.2 Å². The van der Waals surface area contributed by atoms with Gasteiger partial charge >= 0.3 is 0 Å². The average Bonchev–Trinajstić information content (AvgIpc) is 3.76. The number of halogens is 2. The first-order chi connectivity index (χ1) is 20.9. The molecule has 43 heavy (non-hydrogen) atoms. The van der Waals surface area contributed by atoms with Gasteiger partial charge in [0.15, 0.2) is 5.65 Å². The van der Waals surface area contributed by atoms with Gasteiger partial charge in [0.25, 0.3) is 5.91 Å². The van der Waals surface area contributed by atoms with E-state index < -0.39 is 5.91 Å². The van der Waals surface area contributed by atoms with Crippen LogP contribution in [0.3, 0.4) is 0 Å². The van der Waals surface area contributed by atoms with Crippen LogP contribution in [0, 0.1) is 5.82 Å². The zero-order chi connectivity index (χ0) is 29.7. The highest BCUT2D eigenvalue weighted by atomic mass is 35.5. The summed E-state index contributed by atoms with van der Waals surface area (Å²) in [4.78, 5) is 34.4. The molecule has 15 heteroatoms. The molecule has 0 aliphatic carbocycles. The lowest BCUT2D eigenvalue weighted by atomic mass is 10.1. The van der Waals surface area contributed by atoms with Crippen LogP contribution in [0.25, 0.3) is 39.7 Å². The summed E-state index contributed by atoms with van der Waals surface area (Å²) in [5, 5.41) is 5.01. The highest BCUT2D eigenvalue weighted by Crippen LogP contribution is 2.34. The zero-order valence-corrected chi connectivity index (χ0v) is 23.4. The van der Waals surface area contributed by atoms with Crippen molar-refractivity contribution in [3.8, 4) is 23.0 Å². The molecule has 6 heterocycles. The van der Waals surface area contributed by atoms with Crippen molar-refractivity contribution in [3.05, 3.63) is 71.6 Å². The Balaban J connectivity index is 1.14. The van der Waals surface area contributed by atoms with Crippen LogP contribution in [0.15, 0.2) is 59.5 Å². The lowest BCUT2D eigenvalue weighted by Crippen LogP contribution is -2.47. The van der Waals surface area contributed by atoms with Crippen LogP contribution >= 0.6 is 11.6 Å². The lowest BCUT2D eigenvalue weighted by molar-refractivity contribution is 0.0991. The maximum absolute atomic E-state index is 14.8. The number of hydrogen-bond donors (Lipinski definition) is 2. The Hall–Kier alpha value is -5.08. The molecule has 0 saturated carbocycles. The summed E-state index contributed by atoms with van der Waals surface area (Å²) in [5.74, 6) is -0.153. The van der Waals surface area contributed by atoms with E-state index in [1.807, 2.05) is 11.0 Å². The number of carbonyl (C=O) groups is 1. The molecular weight excluding hydrogens is 577 g/mol. The number of aromatic nitrogens is 7. The molecule has 1 fully saturated rings. The van der Waals surface area contributed by atoms with Gasteiger partial charge in [-0.1, -0.05) is 17.7 Å². The van der Waals surface area contributed by atoms with Gasteiger partial charge in [0.2, 0.25) is 17.7 Å². The molecular formula is C28H25ClFN11O2. The number of hydrogen-bond acceptors (Lipinski definition) is 10. The molecule has 0 atom stereocenters. The van der Waals surface area contributed by atoms with E-state index in [1.165, 1.54) is 16.8 Å². The molecule has 0 unspecified atom stereocenters. The Kier molecular flexibility index (Phi) is 6.63. The summed E-state index contributed by atoms with van der Waals surface area (Å²) >= 11 is 6.75. The molecule has 1 amide bonds. The first-order valence-corrected chi connectivity index (χ1v) is 13.9. The number of fused-ring (bicyclic) bond motifs is 3. The number of primary amides is 1. The molecule has 0 spiro atoms. The molecule has 0 bridgehead atoms. The highest BCUT2D eigenvalue weighted by Gasteiger charge is 2.27. The van der Waals surface area contributed by atoms with Crippen molar-refractivity contribution in [2.45, 2.75) is 6.54 Å². The summed E-state index contributed by atoms with van der Waals surface area (Å²) in [6, 6.07) is 10.2. The molecule has 4 N–H and O–H groups in total. The van der Waals surface area contributed by atoms with Crippen molar-refractivity contribution < 1.29 is 13.6 Å². The minimum absolute atomic E-state index is 0.0752. The molecule has 5 aromatic heterocycles. The number of amides is 1. The third-order valence-electron chi connectivity index (χ3n) is 7.55. The third kappa shape index (κ3) is 4.70. The Morgan fingerprint density at radius 1 is 1.02 bits per heavy atom. The van der Waals surface area contributed by atoms with Gasteiger partial charge in [-0.05, 0) is 30.3 Å². The molecule has 0 radical (unpaired) electrons. The number of pyridine rings is 1. The Morgan fingerprint density at radius 3 is 2.58 bits per heavy atom. The van der Waals surface area contributed by atoms with E-state index in [2.05, 4.69) is 29.9 Å². The number of piperazine rings is 1. The number of oxazole rings is 1. The van der Waals surface area contributed by atoms with Crippen molar-refractivity contribution in [1.29, 1.82) is 0 Å². The molecule has 7 rings (SSSR count). The molecule has 1 aromatic carbocycles. The largest absolute Gasteiger partial charge is 0.445 e. The Labute approximate surface area is 248 Å². The van der Waals surface area contributed by atoms with Gasteiger partial charge < -0.3 is 25.4 Å². The van der Waals surface area contributed by atoms with Crippen molar-refractivity contribution in [1.82, 2.24) is 39.0 Å². The minimum Gasteiger partial charge on any atom is -0.445 e. The zero-order valence-electron chi connectivity index (χ0n) is 22.7. The van der Waals surface area contributed by atoms with E-state index >= 15 is 0 Å². The number of benzene rings is 1. The van der Waals surface area contributed by atoms with Crippen LogP contribution in [-0.4, -0.2) is 77.6 Å². The van der Waals surface area contributed by atoms with Crippen LogP contribution in [0.5, 0.6) is 0 Å². The van der Waals surface area contributed by atoms with Crippen molar-refractivity contribution in [3.63, 3.8) is 0 Å². The minimum atomic E-state index is -0.699. The highest BCUT2D eigenvalue weighted by molar-refractivity contribution is 6.40. The summed E-state index contributed by atoms with van der Waals surface area (Å²) < 4.78 is 23.2. The number of rotatable bonds is 7. The first kappa shape index (κ1) is 26.8. The molecule has 1 saturated heterocycles. The van der Waals surface area contributed by atoms with E-state index in [0.29, 0.717) is 84.6 Å². The fourth-order valence-corrected chi connectivity index (χ4v) is 5.81.